The van der Waals surface area contributed by atoms with Crippen molar-refractivity contribution in [2.24, 2.45) is 4.99 Å². The summed E-state index contributed by atoms with van der Waals surface area (Å²) in [6.07, 6.45) is 0.988. The van der Waals surface area contributed by atoms with Crippen LogP contribution in [0.4, 0.5) is 0 Å². The van der Waals surface area contributed by atoms with Crippen LogP contribution in [-0.2, 0) is 4.74 Å². The van der Waals surface area contributed by atoms with Crippen LogP contribution in [0.3, 0.4) is 0 Å². The van der Waals surface area contributed by atoms with E-state index in [1.807, 2.05) is 6.92 Å². The molecule has 0 radical (unpaired) electrons. The zero-order valence-electron chi connectivity index (χ0n) is 14.2. The van der Waals surface area contributed by atoms with E-state index in [4.69, 9.17) is 4.74 Å². The van der Waals surface area contributed by atoms with Gasteiger partial charge in [0.2, 0.25) is 0 Å². The Labute approximate surface area is 152 Å². The van der Waals surface area contributed by atoms with Crippen LogP contribution in [0.25, 0.3) is 0 Å². The second-order valence-electron chi connectivity index (χ2n) is 5.24. The second-order valence-corrected chi connectivity index (χ2v) is 5.24. The maximum atomic E-state index is 5.31. The van der Waals surface area contributed by atoms with E-state index in [0.717, 1.165) is 38.7 Å². The van der Waals surface area contributed by atoms with Gasteiger partial charge in [0.25, 0.3) is 0 Å². The van der Waals surface area contributed by atoms with Gasteiger partial charge in [-0.25, -0.2) is 0 Å². The molecule has 0 fully saturated rings. The van der Waals surface area contributed by atoms with Gasteiger partial charge in [-0.05, 0) is 31.7 Å². The van der Waals surface area contributed by atoms with Gasteiger partial charge < -0.3 is 15.4 Å². The fraction of sp³-hybridized carbons (Fsp3) is 0.588. The highest BCUT2D eigenvalue weighted by Crippen LogP contribution is 2.14. The Hall–Kier alpha value is -0.820. The number of nitrogens with one attached hydrogen (secondary N) is 2. The molecule has 0 aliphatic heterocycles. The summed E-state index contributed by atoms with van der Waals surface area (Å²) in [4.78, 5) is 4.24. The molecular formula is C17H30IN3O. The van der Waals surface area contributed by atoms with Crippen molar-refractivity contribution < 1.29 is 4.74 Å². The molecule has 0 spiro atoms. The summed E-state index contributed by atoms with van der Waals surface area (Å²) in [6, 6.07) is 8.71. The molecule has 1 atom stereocenters. The normalized spacial score (nSPS) is 12.5. The third-order valence-electron chi connectivity index (χ3n) is 3.41. The van der Waals surface area contributed by atoms with Gasteiger partial charge in [0, 0.05) is 33.4 Å². The monoisotopic (exact) mass is 419 g/mol. The maximum Gasteiger partial charge on any atom is 0.190 e. The van der Waals surface area contributed by atoms with Gasteiger partial charge in [-0.3, -0.25) is 4.99 Å². The lowest BCUT2D eigenvalue weighted by Gasteiger charge is -2.16. The Morgan fingerprint density at radius 2 is 1.91 bits per heavy atom. The number of aliphatic imine (C=N–C) groups is 1. The third-order valence-corrected chi connectivity index (χ3v) is 3.41. The number of benzene rings is 1. The van der Waals surface area contributed by atoms with E-state index in [9.17, 15) is 0 Å². The Balaban J connectivity index is 0.00000441. The lowest BCUT2D eigenvalue weighted by Crippen LogP contribution is -2.39. The lowest BCUT2D eigenvalue weighted by atomic mass is 10.0. The molecule has 1 rings (SSSR count). The van der Waals surface area contributed by atoms with E-state index in [1.54, 1.807) is 7.05 Å². The highest BCUT2D eigenvalue weighted by atomic mass is 127. The van der Waals surface area contributed by atoms with E-state index >= 15 is 0 Å². The third kappa shape index (κ3) is 8.58. The molecule has 5 heteroatoms. The standard InChI is InChI=1S/C17H29N3O.HI/c1-5-21-12-6-11-19-17(18-4)20-13-15(3)16-9-7-14(2)8-10-16;/h7-10,15H,5-6,11-13H2,1-4H3,(H2,18,19,20);1H. The molecule has 0 aromatic heterocycles. The number of guanidine groups is 1. The Morgan fingerprint density at radius 3 is 2.50 bits per heavy atom. The maximum absolute atomic E-state index is 5.31. The molecule has 0 saturated heterocycles. The van der Waals surface area contributed by atoms with E-state index in [1.165, 1.54) is 11.1 Å². The van der Waals surface area contributed by atoms with Gasteiger partial charge in [0.15, 0.2) is 5.96 Å². The predicted molar refractivity (Wildman–Crippen MR) is 105 cm³/mol. The SMILES string of the molecule is CCOCCCNC(=NC)NCC(C)c1ccc(C)cc1.I. The summed E-state index contributed by atoms with van der Waals surface area (Å²) < 4.78 is 5.31. The largest absolute Gasteiger partial charge is 0.382 e. The Kier molecular flexibility index (Phi) is 12.2. The zero-order valence-corrected chi connectivity index (χ0v) is 16.5. The van der Waals surface area contributed by atoms with E-state index in [-0.39, 0.29) is 24.0 Å². The molecule has 1 unspecified atom stereocenters. The number of rotatable bonds is 8. The van der Waals surface area contributed by atoms with Crippen molar-refractivity contribution in [2.45, 2.75) is 33.1 Å². The van der Waals surface area contributed by atoms with Gasteiger partial charge in [-0.15, -0.1) is 24.0 Å². The first-order chi connectivity index (χ1) is 10.2. The van der Waals surface area contributed by atoms with Gasteiger partial charge >= 0.3 is 0 Å². The molecule has 126 valence electrons. The number of ether oxygens (including phenoxy) is 1. The topological polar surface area (TPSA) is 45.6 Å². The van der Waals surface area contributed by atoms with Gasteiger partial charge in [0.05, 0.1) is 0 Å². The number of hydrogen-bond donors (Lipinski definition) is 2. The van der Waals surface area contributed by atoms with Gasteiger partial charge in [0.1, 0.15) is 0 Å². The average molecular weight is 419 g/mol. The summed E-state index contributed by atoms with van der Waals surface area (Å²) in [6.45, 7) is 9.66. The summed E-state index contributed by atoms with van der Waals surface area (Å²) >= 11 is 0. The molecule has 0 aliphatic carbocycles. The van der Waals surface area contributed by atoms with E-state index < -0.39 is 0 Å². The van der Waals surface area contributed by atoms with Gasteiger partial charge in [-0.2, -0.15) is 0 Å². The first kappa shape index (κ1) is 21.2. The molecule has 0 aliphatic rings. The van der Waals surface area contributed by atoms with Crippen LogP contribution in [0, 0.1) is 6.92 Å². The predicted octanol–water partition coefficient (Wildman–Crippen LogP) is 3.31. The van der Waals surface area contributed by atoms with Crippen molar-refractivity contribution in [2.75, 3.05) is 33.4 Å². The number of nitrogens with zero attached hydrogens (tertiary/aromatic N) is 1. The fourth-order valence-corrected chi connectivity index (χ4v) is 2.01. The average Bonchev–Trinajstić information content (AvgIpc) is 2.50. The van der Waals surface area contributed by atoms with E-state index in [0.29, 0.717) is 5.92 Å². The number of halogens is 1. The van der Waals surface area contributed by atoms with Crippen LogP contribution >= 0.6 is 24.0 Å². The molecule has 0 amide bonds. The van der Waals surface area contributed by atoms with E-state index in [2.05, 4.69) is 53.7 Å². The van der Waals surface area contributed by atoms with Gasteiger partial charge in [-0.1, -0.05) is 36.8 Å². The molecule has 1 aromatic carbocycles. The minimum Gasteiger partial charge on any atom is -0.382 e. The number of hydrogen-bond acceptors (Lipinski definition) is 2. The Bertz CT molecular complexity index is 420. The van der Waals surface area contributed by atoms with Crippen molar-refractivity contribution in [1.82, 2.24) is 10.6 Å². The first-order valence-corrected chi connectivity index (χ1v) is 7.76. The van der Waals surface area contributed by atoms with Crippen LogP contribution in [0.1, 0.15) is 37.3 Å². The smallest absolute Gasteiger partial charge is 0.190 e. The summed E-state index contributed by atoms with van der Waals surface area (Å²) in [7, 11) is 1.80. The van der Waals surface area contributed by atoms with Crippen molar-refractivity contribution in [3.63, 3.8) is 0 Å². The highest BCUT2D eigenvalue weighted by molar-refractivity contribution is 14.0. The van der Waals surface area contributed by atoms with Crippen molar-refractivity contribution in [3.05, 3.63) is 35.4 Å². The molecule has 0 saturated carbocycles. The summed E-state index contributed by atoms with van der Waals surface area (Å²) in [5, 5.41) is 6.67. The number of aryl methyl sites for hydroxylation is 1. The quantitative estimate of drug-likeness (QED) is 0.294. The van der Waals surface area contributed by atoms with Crippen LogP contribution in [-0.4, -0.2) is 39.3 Å². The Morgan fingerprint density at radius 1 is 1.23 bits per heavy atom. The molecule has 0 bridgehead atoms. The molecule has 2 N–H and O–H groups in total. The van der Waals surface area contributed by atoms with Crippen LogP contribution in [0.2, 0.25) is 0 Å². The highest BCUT2D eigenvalue weighted by Gasteiger charge is 2.06. The fourth-order valence-electron chi connectivity index (χ4n) is 2.01. The van der Waals surface area contributed by atoms with Crippen LogP contribution in [0.5, 0.6) is 0 Å². The summed E-state index contributed by atoms with van der Waals surface area (Å²) in [5.74, 6) is 1.30. The minimum atomic E-state index is 0. The molecule has 4 nitrogen and oxygen atoms in total. The van der Waals surface area contributed by atoms with Crippen molar-refractivity contribution in [1.29, 1.82) is 0 Å². The van der Waals surface area contributed by atoms with Crippen LogP contribution in [0.15, 0.2) is 29.3 Å². The zero-order chi connectivity index (χ0) is 15.5. The molecule has 22 heavy (non-hydrogen) atoms. The van der Waals surface area contributed by atoms with Crippen molar-refractivity contribution >= 4 is 29.9 Å². The minimum absolute atomic E-state index is 0. The first-order valence-electron chi connectivity index (χ1n) is 7.76. The van der Waals surface area contributed by atoms with Crippen molar-refractivity contribution in [3.8, 4) is 0 Å². The van der Waals surface area contributed by atoms with Crippen LogP contribution < -0.4 is 10.6 Å². The lowest BCUT2D eigenvalue weighted by molar-refractivity contribution is 0.145. The molecule has 1 aromatic rings. The molecular weight excluding hydrogens is 389 g/mol. The molecule has 0 heterocycles. The summed E-state index contributed by atoms with van der Waals surface area (Å²) in [5.41, 5.74) is 2.64. The second kappa shape index (κ2) is 12.7.